The molecule has 32 heavy (non-hydrogen) atoms. The minimum atomic E-state index is -3.86. The molecular formula is C23H26ClN3O4S. The van der Waals surface area contributed by atoms with Gasteiger partial charge in [-0.15, -0.1) is 0 Å². The highest BCUT2D eigenvalue weighted by Gasteiger charge is 2.40. The molecule has 9 heteroatoms. The minimum absolute atomic E-state index is 0.0180. The van der Waals surface area contributed by atoms with Crippen LogP contribution in [0.25, 0.3) is 0 Å². The number of amides is 2. The third-order valence-corrected chi connectivity index (χ3v) is 8.40. The van der Waals surface area contributed by atoms with Crippen LogP contribution in [0.2, 0.25) is 5.02 Å². The third-order valence-electron chi connectivity index (χ3n) is 6.13. The number of nitrogens with one attached hydrogen (secondary N) is 1. The molecule has 1 fully saturated rings. The van der Waals surface area contributed by atoms with Gasteiger partial charge in [-0.05, 0) is 61.6 Å². The van der Waals surface area contributed by atoms with Crippen molar-refractivity contribution >= 4 is 39.1 Å². The largest absolute Gasteiger partial charge is 0.351 e. The van der Waals surface area contributed by atoms with Crippen LogP contribution >= 0.6 is 11.6 Å². The fraction of sp³-hybridized carbons (Fsp3) is 0.391. The Morgan fingerprint density at radius 2 is 1.94 bits per heavy atom. The average Bonchev–Trinajstić information content (AvgIpc) is 3.36. The molecule has 0 aliphatic carbocycles. The van der Waals surface area contributed by atoms with Crippen LogP contribution in [-0.2, 0) is 32.6 Å². The standard InChI is InChI=1S/C23H26ClN3O4S/c1-15-12-18-13-19(9-10-21(18)27(15)16(2)28)32(30,31)26-11-5-8-22(26)23(29)25-14-17-6-3-4-7-20(17)24/h3-4,6-7,9-10,13,15,22H,5,8,11-12,14H2,1-2H3,(H,25,29)/t15-,22+/m1/s1. The van der Waals surface area contributed by atoms with E-state index in [4.69, 9.17) is 11.6 Å². The van der Waals surface area contributed by atoms with Crippen LogP contribution in [0.4, 0.5) is 5.69 Å². The molecule has 2 aromatic carbocycles. The molecule has 1 saturated heterocycles. The summed E-state index contributed by atoms with van der Waals surface area (Å²) in [5, 5.41) is 3.38. The van der Waals surface area contributed by atoms with Crippen molar-refractivity contribution in [2.24, 2.45) is 0 Å². The number of anilines is 1. The molecule has 2 aliphatic rings. The summed E-state index contributed by atoms with van der Waals surface area (Å²) in [6, 6.07) is 11.3. The number of sulfonamides is 1. The van der Waals surface area contributed by atoms with Crippen LogP contribution in [0.1, 0.15) is 37.8 Å². The van der Waals surface area contributed by atoms with Gasteiger partial charge in [0.2, 0.25) is 21.8 Å². The molecule has 2 amide bonds. The van der Waals surface area contributed by atoms with Gasteiger partial charge in [-0.25, -0.2) is 8.42 Å². The van der Waals surface area contributed by atoms with E-state index in [0.29, 0.717) is 30.8 Å². The Bertz CT molecular complexity index is 1170. The molecule has 1 N–H and O–H groups in total. The van der Waals surface area contributed by atoms with Crippen LogP contribution in [0.5, 0.6) is 0 Å². The average molecular weight is 476 g/mol. The van der Waals surface area contributed by atoms with Crippen molar-refractivity contribution in [1.29, 1.82) is 0 Å². The molecule has 7 nitrogen and oxygen atoms in total. The number of halogens is 1. The summed E-state index contributed by atoms with van der Waals surface area (Å²) in [4.78, 5) is 26.7. The molecule has 2 heterocycles. The predicted octanol–water partition coefficient (Wildman–Crippen LogP) is 3.11. The van der Waals surface area contributed by atoms with E-state index in [9.17, 15) is 18.0 Å². The molecule has 0 spiro atoms. The van der Waals surface area contributed by atoms with Gasteiger partial charge in [-0.1, -0.05) is 29.8 Å². The van der Waals surface area contributed by atoms with E-state index >= 15 is 0 Å². The normalized spacial score (nSPS) is 20.9. The van der Waals surface area contributed by atoms with E-state index in [-0.39, 0.29) is 29.3 Å². The lowest BCUT2D eigenvalue weighted by molar-refractivity contribution is -0.124. The molecule has 0 unspecified atom stereocenters. The zero-order valence-electron chi connectivity index (χ0n) is 18.0. The molecular weight excluding hydrogens is 450 g/mol. The van der Waals surface area contributed by atoms with Crippen molar-refractivity contribution in [3.63, 3.8) is 0 Å². The van der Waals surface area contributed by atoms with Crippen LogP contribution in [0.15, 0.2) is 47.4 Å². The molecule has 0 saturated carbocycles. The molecule has 2 aromatic rings. The van der Waals surface area contributed by atoms with Crippen LogP contribution in [-0.4, -0.2) is 43.2 Å². The number of nitrogens with zero attached hydrogens (tertiary/aromatic N) is 2. The van der Waals surface area contributed by atoms with Crippen molar-refractivity contribution in [2.75, 3.05) is 11.4 Å². The van der Waals surface area contributed by atoms with Gasteiger partial charge in [0.1, 0.15) is 6.04 Å². The Labute approximate surface area is 193 Å². The van der Waals surface area contributed by atoms with Gasteiger partial charge in [0.05, 0.1) is 4.90 Å². The van der Waals surface area contributed by atoms with E-state index in [1.165, 1.54) is 17.3 Å². The number of fused-ring (bicyclic) bond motifs is 1. The maximum absolute atomic E-state index is 13.4. The molecule has 2 aliphatic heterocycles. The summed E-state index contributed by atoms with van der Waals surface area (Å²) < 4.78 is 28.1. The lowest BCUT2D eigenvalue weighted by atomic mass is 10.1. The quantitative estimate of drug-likeness (QED) is 0.719. The maximum Gasteiger partial charge on any atom is 0.243 e. The summed E-state index contributed by atoms with van der Waals surface area (Å²) >= 11 is 6.15. The highest BCUT2D eigenvalue weighted by atomic mass is 35.5. The zero-order chi connectivity index (χ0) is 23.0. The van der Waals surface area contributed by atoms with Gasteiger partial charge >= 0.3 is 0 Å². The third kappa shape index (κ3) is 4.14. The Hall–Kier alpha value is -2.42. The minimum Gasteiger partial charge on any atom is -0.351 e. The Balaban J connectivity index is 1.53. The second kappa shape index (κ2) is 8.84. The number of rotatable bonds is 5. The van der Waals surface area contributed by atoms with Gasteiger partial charge in [0.15, 0.2) is 0 Å². The first-order valence-electron chi connectivity index (χ1n) is 10.7. The summed E-state index contributed by atoms with van der Waals surface area (Å²) in [6.45, 7) is 3.97. The summed E-state index contributed by atoms with van der Waals surface area (Å²) in [7, 11) is -3.86. The molecule has 0 radical (unpaired) electrons. The fourth-order valence-corrected chi connectivity index (χ4v) is 6.53. The number of carbonyl (C=O) groups excluding carboxylic acids is 2. The Morgan fingerprint density at radius 3 is 2.66 bits per heavy atom. The van der Waals surface area contributed by atoms with Crippen molar-refractivity contribution in [1.82, 2.24) is 9.62 Å². The number of carbonyl (C=O) groups is 2. The first-order chi connectivity index (χ1) is 15.2. The zero-order valence-corrected chi connectivity index (χ0v) is 19.6. The van der Waals surface area contributed by atoms with Crippen molar-refractivity contribution < 1.29 is 18.0 Å². The van der Waals surface area contributed by atoms with Crippen LogP contribution in [0.3, 0.4) is 0 Å². The highest BCUT2D eigenvalue weighted by Crippen LogP contribution is 2.35. The summed E-state index contributed by atoms with van der Waals surface area (Å²) in [6.07, 6.45) is 1.68. The monoisotopic (exact) mass is 475 g/mol. The highest BCUT2D eigenvalue weighted by molar-refractivity contribution is 7.89. The van der Waals surface area contributed by atoms with E-state index in [1.807, 2.05) is 25.1 Å². The van der Waals surface area contributed by atoms with E-state index in [0.717, 1.165) is 16.8 Å². The molecule has 4 rings (SSSR count). The molecule has 0 bridgehead atoms. The first-order valence-corrected chi connectivity index (χ1v) is 12.5. The second-order valence-corrected chi connectivity index (χ2v) is 10.6. The van der Waals surface area contributed by atoms with E-state index < -0.39 is 16.1 Å². The lowest BCUT2D eigenvalue weighted by Crippen LogP contribution is -2.45. The number of hydrogen-bond donors (Lipinski definition) is 1. The second-order valence-electron chi connectivity index (χ2n) is 8.32. The fourth-order valence-electron chi connectivity index (χ4n) is 4.61. The van der Waals surface area contributed by atoms with Gasteiger partial charge in [-0.3, -0.25) is 9.59 Å². The maximum atomic E-state index is 13.4. The van der Waals surface area contributed by atoms with E-state index in [1.54, 1.807) is 23.1 Å². The lowest BCUT2D eigenvalue weighted by Gasteiger charge is -2.24. The Kier molecular flexibility index (Phi) is 6.29. The Morgan fingerprint density at radius 1 is 1.19 bits per heavy atom. The molecule has 0 aromatic heterocycles. The van der Waals surface area contributed by atoms with Crippen molar-refractivity contribution in [2.45, 2.75) is 56.6 Å². The van der Waals surface area contributed by atoms with E-state index in [2.05, 4.69) is 5.32 Å². The van der Waals surface area contributed by atoms with Crippen molar-refractivity contribution in [3.8, 4) is 0 Å². The summed E-state index contributed by atoms with van der Waals surface area (Å²) in [5.74, 6) is -0.398. The smallest absolute Gasteiger partial charge is 0.243 e. The van der Waals surface area contributed by atoms with Crippen LogP contribution in [0, 0.1) is 0 Å². The topological polar surface area (TPSA) is 86.8 Å². The van der Waals surface area contributed by atoms with Gasteiger partial charge < -0.3 is 10.2 Å². The van der Waals surface area contributed by atoms with Crippen molar-refractivity contribution in [3.05, 3.63) is 58.6 Å². The SMILES string of the molecule is CC(=O)N1c2ccc(S(=O)(=O)N3CCC[C@H]3C(=O)NCc3ccccc3Cl)cc2C[C@H]1C. The van der Waals surface area contributed by atoms with Crippen LogP contribution < -0.4 is 10.2 Å². The van der Waals surface area contributed by atoms with Gasteiger partial charge in [0, 0.05) is 36.8 Å². The summed E-state index contributed by atoms with van der Waals surface area (Å²) in [5.41, 5.74) is 2.35. The molecule has 170 valence electrons. The number of hydrogen-bond acceptors (Lipinski definition) is 4. The van der Waals surface area contributed by atoms with Gasteiger partial charge in [-0.2, -0.15) is 4.31 Å². The number of benzene rings is 2. The van der Waals surface area contributed by atoms with Gasteiger partial charge in [0.25, 0.3) is 0 Å². The first kappa shape index (κ1) is 22.8. The molecule has 2 atom stereocenters. The predicted molar refractivity (Wildman–Crippen MR) is 123 cm³/mol.